The van der Waals surface area contributed by atoms with E-state index in [4.69, 9.17) is 27.3 Å². The normalized spacial score (nSPS) is 12.9. The van der Waals surface area contributed by atoms with Crippen LogP contribution in [0, 0.1) is 4.77 Å². The molecule has 5 aromatic rings. The van der Waals surface area contributed by atoms with E-state index in [9.17, 15) is 0 Å². The van der Waals surface area contributed by atoms with E-state index >= 15 is 0 Å². The van der Waals surface area contributed by atoms with Crippen LogP contribution >= 0.6 is 46.7 Å². The van der Waals surface area contributed by atoms with Crippen molar-refractivity contribution in [1.29, 1.82) is 0 Å². The zero-order valence-corrected chi connectivity index (χ0v) is 21.2. The smallest absolute Gasteiger partial charge is 0.198 e. The molecule has 1 unspecified atom stereocenters. The lowest BCUT2D eigenvalue weighted by atomic mass is 10.3. The van der Waals surface area contributed by atoms with Crippen LogP contribution in [0.3, 0.4) is 0 Å². The van der Waals surface area contributed by atoms with E-state index in [0.29, 0.717) is 11.4 Å². The molecule has 1 atom stereocenters. The van der Waals surface area contributed by atoms with E-state index in [2.05, 4.69) is 49.2 Å². The third-order valence-electron chi connectivity index (χ3n) is 5.42. The van der Waals surface area contributed by atoms with Gasteiger partial charge in [0.15, 0.2) is 9.11 Å². The maximum absolute atomic E-state index is 5.67. The Kier molecular flexibility index (Phi) is 6.13. The van der Waals surface area contributed by atoms with E-state index in [1.54, 1.807) is 34.4 Å². The maximum Gasteiger partial charge on any atom is 0.198 e. The van der Waals surface area contributed by atoms with E-state index in [1.807, 2.05) is 34.5 Å². The Morgan fingerprint density at radius 1 is 1.03 bits per heavy atom. The highest BCUT2D eigenvalue weighted by Crippen LogP contribution is 2.31. The van der Waals surface area contributed by atoms with Crippen LogP contribution in [-0.4, -0.2) is 36.3 Å². The van der Waals surface area contributed by atoms with Crippen molar-refractivity contribution in [2.24, 2.45) is 7.05 Å². The van der Waals surface area contributed by atoms with Crippen molar-refractivity contribution in [3.63, 3.8) is 0 Å². The predicted molar refractivity (Wildman–Crippen MR) is 137 cm³/mol. The van der Waals surface area contributed by atoms with Crippen LogP contribution in [0.1, 0.15) is 23.8 Å². The topological polar surface area (TPSA) is 51.8 Å². The summed E-state index contributed by atoms with van der Waals surface area (Å²) in [4.78, 5) is 11.7. The highest BCUT2D eigenvalue weighted by molar-refractivity contribution is 8.00. The molecule has 0 aliphatic rings. The Bertz CT molecular complexity index is 1380. The van der Waals surface area contributed by atoms with Gasteiger partial charge in [-0.3, -0.25) is 4.90 Å². The fourth-order valence-electron chi connectivity index (χ4n) is 3.38. The number of benzene rings is 2. The van der Waals surface area contributed by atoms with Crippen molar-refractivity contribution < 1.29 is 0 Å². The molecule has 0 spiro atoms. The van der Waals surface area contributed by atoms with Gasteiger partial charge in [-0.2, -0.15) is 5.10 Å². The van der Waals surface area contributed by atoms with Crippen molar-refractivity contribution in [3.05, 3.63) is 64.1 Å². The van der Waals surface area contributed by atoms with Gasteiger partial charge in [-0.05, 0) is 50.5 Å². The Morgan fingerprint density at radius 3 is 2.38 bits per heavy atom. The van der Waals surface area contributed by atoms with Crippen molar-refractivity contribution in [2.45, 2.75) is 29.7 Å². The van der Waals surface area contributed by atoms with Gasteiger partial charge in [0.05, 0.1) is 38.9 Å². The third kappa shape index (κ3) is 4.25. The molecular weight excluding hydrogens is 477 g/mol. The number of thioether (sulfide) groups is 1. The first-order valence-electron chi connectivity index (χ1n) is 10.2. The first kappa shape index (κ1) is 21.7. The number of para-hydroxylation sites is 2. The summed E-state index contributed by atoms with van der Waals surface area (Å²) < 4.78 is 8.08. The first-order chi connectivity index (χ1) is 15.5. The minimum absolute atomic E-state index is 0.164. The second-order valence-electron chi connectivity index (χ2n) is 7.59. The fraction of sp³-hybridized carbons (Fsp3) is 0.273. The minimum Gasteiger partial charge on any atom is -0.306 e. The second kappa shape index (κ2) is 9.03. The van der Waals surface area contributed by atoms with E-state index in [-0.39, 0.29) is 6.04 Å². The summed E-state index contributed by atoms with van der Waals surface area (Å²) in [5, 5.41) is 5.91. The van der Waals surface area contributed by atoms with Gasteiger partial charge in [0.2, 0.25) is 0 Å². The van der Waals surface area contributed by atoms with Gasteiger partial charge in [0.25, 0.3) is 0 Å². The van der Waals surface area contributed by atoms with Gasteiger partial charge in [0, 0.05) is 7.05 Å². The molecular formula is C22H22N6S4. The lowest BCUT2D eigenvalue weighted by Gasteiger charge is -2.22. The van der Waals surface area contributed by atoms with Gasteiger partial charge in [0.1, 0.15) is 10.8 Å². The molecule has 164 valence electrons. The largest absolute Gasteiger partial charge is 0.306 e. The molecule has 5 rings (SSSR count). The van der Waals surface area contributed by atoms with Crippen LogP contribution < -0.4 is 0 Å². The van der Waals surface area contributed by atoms with Crippen LogP contribution in [0.25, 0.3) is 20.4 Å². The zero-order chi connectivity index (χ0) is 22.2. The highest BCUT2D eigenvalue weighted by atomic mass is 32.2. The quantitative estimate of drug-likeness (QED) is 0.199. The van der Waals surface area contributed by atoms with Crippen LogP contribution in [0.5, 0.6) is 0 Å². The molecule has 3 aromatic heterocycles. The first-order valence-corrected chi connectivity index (χ1v) is 13.2. The van der Waals surface area contributed by atoms with E-state index < -0.39 is 0 Å². The number of thiazole rings is 2. The van der Waals surface area contributed by atoms with E-state index in [1.165, 1.54) is 9.40 Å². The second-order valence-corrected chi connectivity index (χ2v) is 11.3. The Balaban J connectivity index is 1.29. The zero-order valence-electron chi connectivity index (χ0n) is 17.9. The maximum atomic E-state index is 5.67. The number of hydrogen-bond acceptors (Lipinski definition) is 8. The Morgan fingerprint density at radius 2 is 1.69 bits per heavy atom. The molecule has 0 saturated heterocycles. The van der Waals surface area contributed by atoms with Gasteiger partial charge < -0.3 is 4.57 Å². The molecule has 0 amide bonds. The average Bonchev–Trinajstić information content (AvgIpc) is 3.49. The number of nitrogens with zero attached hydrogens (tertiary/aromatic N) is 6. The van der Waals surface area contributed by atoms with Crippen LogP contribution in [0.2, 0.25) is 0 Å². The molecule has 2 aromatic carbocycles. The third-order valence-corrected chi connectivity index (χ3v) is 9.28. The monoisotopic (exact) mass is 498 g/mol. The Hall–Kier alpha value is -2.11. The number of fused-ring (bicyclic) bond motifs is 2. The summed E-state index contributed by atoms with van der Waals surface area (Å²) in [6.07, 6.45) is 0. The molecule has 32 heavy (non-hydrogen) atoms. The highest BCUT2D eigenvalue weighted by Gasteiger charge is 2.18. The summed E-state index contributed by atoms with van der Waals surface area (Å²) in [6.45, 7) is 2.78. The molecule has 0 radical (unpaired) electrons. The molecule has 6 nitrogen and oxygen atoms in total. The lowest BCUT2D eigenvalue weighted by Crippen LogP contribution is -2.26. The number of aromatic nitrogens is 5. The number of rotatable bonds is 7. The predicted octanol–water partition coefficient (Wildman–Crippen LogP) is 6.11. The molecule has 0 bridgehead atoms. The molecule has 0 aliphatic carbocycles. The van der Waals surface area contributed by atoms with Crippen LogP contribution in [-0.2, 0) is 19.5 Å². The molecule has 3 heterocycles. The van der Waals surface area contributed by atoms with E-state index in [0.717, 1.165) is 32.0 Å². The summed E-state index contributed by atoms with van der Waals surface area (Å²) in [5.41, 5.74) is 2.10. The average molecular weight is 499 g/mol. The summed E-state index contributed by atoms with van der Waals surface area (Å²) in [6, 6.07) is 16.7. The van der Waals surface area contributed by atoms with Crippen molar-refractivity contribution in [2.75, 3.05) is 7.05 Å². The molecule has 10 heteroatoms. The van der Waals surface area contributed by atoms with Gasteiger partial charge >= 0.3 is 0 Å². The molecule has 0 saturated carbocycles. The van der Waals surface area contributed by atoms with Gasteiger partial charge in [-0.1, -0.05) is 36.0 Å². The van der Waals surface area contributed by atoms with Crippen LogP contribution in [0.4, 0.5) is 0 Å². The SMILES string of the molecule is CC(c1nc2ccccc2s1)N(C)Cn1nc(CSc2nc3ccccc3s2)n(C)c1=S. The van der Waals surface area contributed by atoms with Crippen molar-refractivity contribution in [1.82, 2.24) is 29.2 Å². The summed E-state index contributed by atoms with van der Waals surface area (Å²) in [5.74, 6) is 1.67. The summed E-state index contributed by atoms with van der Waals surface area (Å²) in [7, 11) is 4.07. The lowest BCUT2D eigenvalue weighted by molar-refractivity contribution is 0.194. The minimum atomic E-state index is 0.164. The van der Waals surface area contributed by atoms with Gasteiger partial charge in [-0.15, -0.1) is 22.7 Å². The van der Waals surface area contributed by atoms with Crippen molar-refractivity contribution >= 4 is 67.1 Å². The molecule has 0 aliphatic heterocycles. The van der Waals surface area contributed by atoms with Gasteiger partial charge in [-0.25, -0.2) is 14.6 Å². The summed E-state index contributed by atoms with van der Waals surface area (Å²) >= 11 is 10.8. The molecule has 0 N–H and O–H groups in total. The van der Waals surface area contributed by atoms with Crippen molar-refractivity contribution in [3.8, 4) is 0 Å². The van der Waals surface area contributed by atoms with Crippen LogP contribution in [0.15, 0.2) is 52.9 Å². The number of hydrogen-bond donors (Lipinski definition) is 0. The molecule has 0 fully saturated rings. The Labute approximate surface area is 203 Å². The fourth-order valence-corrected chi connectivity index (χ4v) is 6.71. The standard InChI is InChI=1S/C22H22N6S4/c1-14(20-23-15-8-4-6-10-17(15)31-20)26(2)13-28-22(29)27(3)19(25-28)12-30-21-24-16-9-5-7-11-18(16)32-21/h4-11,14H,12-13H2,1-3H3.